The number of benzene rings is 2. The molecule has 2 aromatic rings. The number of anilines is 1. The van der Waals surface area contributed by atoms with Gasteiger partial charge in [-0.1, -0.05) is 23.7 Å². The summed E-state index contributed by atoms with van der Waals surface area (Å²) in [6, 6.07) is 8.67. The van der Waals surface area contributed by atoms with Gasteiger partial charge in [-0.15, -0.1) is 0 Å². The van der Waals surface area contributed by atoms with Crippen LogP contribution in [-0.4, -0.2) is 32.6 Å². The number of methoxy groups -OCH3 is 1. The molecule has 0 radical (unpaired) electrons. The monoisotopic (exact) mass is 402 g/mol. The smallest absolute Gasteiger partial charge is 0.253 e. The van der Waals surface area contributed by atoms with Crippen molar-refractivity contribution < 1.29 is 19.1 Å². The zero-order valence-electron chi connectivity index (χ0n) is 16.3. The fraction of sp³-hybridized carbons (Fsp3) is 0.238. The van der Waals surface area contributed by atoms with Gasteiger partial charge in [0.2, 0.25) is 5.91 Å². The number of carbonyl (C=O) groups is 2. The summed E-state index contributed by atoms with van der Waals surface area (Å²) in [5, 5.41) is 5.71. The van der Waals surface area contributed by atoms with E-state index >= 15 is 0 Å². The fourth-order valence-electron chi connectivity index (χ4n) is 2.67. The van der Waals surface area contributed by atoms with Crippen LogP contribution in [0.3, 0.4) is 0 Å². The van der Waals surface area contributed by atoms with E-state index in [-0.39, 0.29) is 11.8 Å². The standard InChI is InChI=1S/C21H23ClN2O4/c1-5-28-20-15(22)11-14(12-17(20)27-4)9-10-18(25)24-16-8-6-7-13(2)19(16)21(26)23-3/h6-12H,5H2,1-4H3,(H,23,26)(H,24,25)/b10-9+. The zero-order valence-corrected chi connectivity index (χ0v) is 17.0. The summed E-state index contributed by atoms with van der Waals surface area (Å²) < 4.78 is 10.8. The lowest BCUT2D eigenvalue weighted by Crippen LogP contribution is -2.22. The normalized spacial score (nSPS) is 10.6. The lowest BCUT2D eigenvalue weighted by molar-refractivity contribution is -0.111. The maximum atomic E-state index is 12.4. The molecule has 2 aromatic carbocycles. The molecule has 28 heavy (non-hydrogen) atoms. The average molecular weight is 403 g/mol. The van der Waals surface area contributed by atoms with Crippen LogP contribution in [0.5, 0.6) is 11.5 Å². The minimum Gasteiger partial charge on any atom is -0.493 e. The minimum atomic E-state index is -0.375. The Morgan fingerprint density at radius 2 is 2.00 bits per heavy atom. The largest absolute Gasteiger partial charge is 0.493 e. The van der Waals surface area contributed by atoms with Crippen molar-refractivity contribution in [3.05, 3.63) is 58.1 Å². The molecule has 0 aromatic heterocycles. The van der Waals surface area contributed by atoms with Crippen LogP contribution >= 0.6 is 11.6 Å². The number of ether oxygens (including phenoxy) is 2. The van der Waals surface area contributed by atoms with Gasteiger partial charge in [-0.3, -0.25) is 9.59 Å². The van der Waals surface area contributed by atoms with Crippen LogP contribution < -0.4 is 20.1 Å². The van der Waals surface area contributed by atoms with Crippen molar-refractivity contribution in [3.63, 3.8) is 0 Å². The van der Waals surface area contributed by atoms with Gasteiger partial charge >= 0.3 is 0 Å². The molecule has 0 heterocycles. The molecule has 0 aliphatic rings. The molecule has 6 nitrogen and oxygen atoms in total. The van der Waals surface area contributed by atoms with Gasteiger partial charge in [0.05, 0.1) is 30.0 Å². The number of aryl methyl sites for hydroxylation is 1. The number of carbonyl (C=O) groups excluding carboxylic acids is 2. The summed E-state index contributed by atoms with van der Waals surface area (Å²) in [7, 11) is 3.07. The summed E-state index contributed by atoms with van der Waals surface area (Å²) in [5.41, 5.74) is 2.31. The van der Waals surface area contributed by atoms with E-state index in [0.717, 1.165) is 5.56 Å². The van der Waals surface area contributed by atoms with Gasteiger partial charge < -0.3 is 20.1 Å². The predicted molar refractivity (Wildman–Crippen MR) is 111 cm³/mol. The van der Waals surface area contributed by atoms with E-state index < -0.39 is 0 Å². The first-order valence-corrected chi connectivity index (χ1v) is 9.10. The summed E-state index contributed by atoms with van der Waals surface area (Å²) in [6.07, 6.45) is 2.97. The van der Waals surface area contributed by atoms with Crippen LogP contribution in [0.1, 0.15) is 28.4 Å². The molecule has 2 N–H and O–H groups in total. The Morgan fingerprint density at radius 1 is 1.25 bits per heavy atom. The van der Waals surface area contributed by atoms with Crippen LogP contribution in [0.25, 0.3) is 6.08 Å². The van der Waals surface area contributed by atoms with Gasteiger partial charge in [-0.2, -0.15) is 0 Å². The Hall–Kier alpha value is -2.99. The number of hydrogen-bond acceptors (Lipinski definition) is 4. The van der Waals surface area contributed by atoms with Gasteiger partial charge in [0.25, 0.3) is 5.91 Å². The first-order chi connectivity index (χ1) is 13.4. The van der Waals surface area contributed by atoms with Crippen molar-refractivity contribution in [1.82, 2.24) is 5.32 Å². The first kappa shape index (κ1) is 21.3. The molecule has 0 aliphatic carbocycles. The van der Waals surface area contributed by atoms with Gasteiger partial charge in [0.15, 0.2) is 11.5 Å². The topological polar surface area (TPSA) is 76.7 Å². The molecule has 0 saturated heterocycles. The molecule has 2 rings (SSSR count). The number of rotatable bonds is 7. The summed E-state index contributed by atoms with van der Waals surface area (Å²) in [4.78, 5) is 24.4. The van der Waals surface area contributed by atoms with Crippen LogP contribution in [-0.2, 0) is 4.79 Å². The Morgan fingerprint density at radius 3 is 2.64 bits per heavy atom. The van der Waals surface area contributed by atoms with Crippen LogP contribution in [0, 0.1) is 6.92 Å². The van der Waals surface area contributed by atoms with Crippen molar-refractivity contribution in [2.75, 3.05) is 26.1 Å². The van der Waals surface area contributed by atoms with Crippen LogP contribution in [0.2, 0.25) is 5.02 Å². The third kappa shape index (κ3) is 5.04. The Balaban J connectivity index is 2.23. The third-order valence-electron chi connectivity index (χ3n) is 3.95. The minimum absolute atomic E-state index is 0.264. The predicted octanol–water partition coefficient (Wildman–Crippen LogP) is 4.07. The first-order valence-electron chi connectivity index (χ1n) is 8.72. The molecule has 0 saturated carbocycles. The molecule has 148 valence electrons. The van der Waals surface area contributed by atoms with E-state index in [1.165, 1.54) is 13.2 Å². The molecule has 2 amide bonds. The maximum absolute atomic E-state index is 12.4. The number of halogens is 1. The molecule has 0 atom stereocenters. The molecule has 7 heteroatoms. The van der Waals surface area contributed by atoms with Gasteiger partial charge in [-0.25, -0.2) is 0 Å². The van der Waals surface area contributed by atoms with Gasteiger partial charge in [0, 0.05) is 13.1 Å². The highest BCUT2D eigenvalue weighted by atomic mass is 35.5. The maximum Gasteiger partial charge on any atom is 0.253 e. The van der Waals surface area contributed by atoms with E-state index in [1.54, 1.807) is 37.4 Å². The van der Waals surface area contributed by atoms with E-state index in [9.17, 15) is 9.59 Å². The summed E-state index contributed by atoms with van der Waals surface area (Å²) in [6.45, 7) is 4.12. The average Bonchev–Trinajstić information content (AvgIpc) is 2.67. The summed E-state index contributed by atoms with van der Waals surface area (Å²) in [5.74, 6) is 0.304. The molecule has 0 bridgehead atoms. The highest BCUT2D eigenvalue weighted by Crippen LogP contribution is 2.36. The van der Waals surface area contributed by atoms with E-state index in [2.05, 4.69) is 10.6 Å². The van der Waals surface area contributed by atoms with Crippen molar-refractivity contribution in [3.8, 4) is 11.5 Å². The van der Waals surface area contributed by atoms with E-state index in [0.29, 0.717) is 39.9 Å². The Labute approximate surface area is 169 Å². The van der Waals surface area contributed by atoms with E-state index in [1.807, 2.05) is 19.9 Å². The van der Waals surface area contributed by atoms with Crippen LogP contribution in [0.4, 0.5) is 5.69 Å². The Bertz CT molecular complexity index is 910. The molecule has 0 unspecified atom stereocenters. The SMILES string of the molecule is CCOc1c(Cl)cc(/C=C/C(=O)Nc2cccc(C)c2C(=O)NC)cc1OC. The molecular formula is C21H23ClN2O4. The third-order valence-corrected chi connectivity index (χ3v) is 4.23. The quantitative estimate of drug-likeness (QED) is 0.684. The lowest BCUT2D eigenvalue weighted by Gasteiger charge is -2.12. The molecule has 0 aliphatic heterocycles. The van der Waals surface area contributed by atoms with Crippen LogP contribution in [0.15, 0.2) is 36.4 Å². The van der Waals surface area contributed by atoms with E-state index in [4.69, 9.17) is 21.1 Å². The number of amides is 2. The fourth-order valence-corrected chi connectivity index (χ4v) is 2.94. The highest BCUT2D eigenvalue weighted by molar-refractivity contribution is 6.32. The zero-order chi connectivity index (χ0) is 20.7. The highest BCUT2D eigenvalue weighted by Gasteiger charge is 2.14. The molecule has 0 spiro atoms. The Kier molecular flexibility index (Phi) is 7.46. The second kappa shape index (κ2) is 9.80. The lowest BCUT2D eigenvalue weighted by atomic mass is 10.1. The van der Waals surface area contributed by atoms with Crippen molar-refractivity contribution in [2.45, 2.75) is 13.8 Å². The number of hydrogen-bond donors (Lipinski definition) is 2. The van der Waals surface area contributed by atoms with Gasteiger partial charge in [-0.05, 0) is 49.2 Å². The number of nitrogens with one attached hydrogen (secondary N) is 2. The van der Waals surface area contributed by atoms with Gasteiger partial charge in [0.1, 0.15) is 0 Å². The van der Waals surface area contributed by atoms with Crippen molar-refractivity contribution >= 4 is 35.2 Å². The molecule has 0 fully saturated rings. The summed E-state index contributed by atoms with van der Waals surface area (Å²) >= 11 is 6.24. The van der Waals surface area contributed by atoms with Crippen molar-refractivity contribution in [2.24, 2.45) is 0 Å². The second-order valence-corrected chi connectivity index (χ2v) is 6.27. The second-order valence-electron chi connectivity index (χ2n) is 5.87. The molecular weight excluding hydrogens is 380 g/mol. The van der Waals surface area contributed by atoms with Crippen molar-refractivity contribution in [1.29, 1.82) is 0 Å².